The normalized spacial score (nSPS) is 15.2. The van der Waals surface area contributed by atoms with Gasteiger partial charge in [-0.3, -0.25) is 6.08 Å². The van der Waals surface area contributed by atoms with Crippen LogP contribution in [0.1, 0.15) is 46.0 Å². The van der Waals surface area contributed by atoms with Gasteiger partial charge in [-0.2, -0.15) is 5.57 Å². The van der Waals surface area contributed by atoms with Crippen molar-refractivity contribution < 1.29 is 21.7 Å². The van der Waals surface area contributed by atoms with Crippen LogP contribution in [0.15, 0.2) is 17.2 Å². The molecule has 0 radical (unpaired) electrons. The van der Waals surface area contributed by atoms with Gasteiger partial charge in [0.25, 0.3) is 0 Å². The fraction of sp³-hybridized carbons (Fsp3) is 0.636. The Morgan fingerprint density at radius 1 is 1.42 bits per heavy atom. The van der Waals surface area contributed by atoms with E-state index in [2.05, 4.69) is 26.0 Å². The molecule has 0 aromatic heterocycles. The third kappa shape index (κ3) is 3.73. The van der Waals surface area contributed by atoms with Gasteiger partial charge in [-0.1, -0.05) is 33.1 Å². The molecule has 0 nitrogen and oxygen atoms in total. The summed E-state index contributed by atoms with van der Waals surface area (Å²) in [6.07, 6.45) is 11.9. The predicted octanol–water partition coefficient (Wildman–Crippen LogP) is 3.64. The Labute approximate surface area is 91.0 Å². The minimum Gasteiger partial charge on any atom is -0.269 e. The summed E-state index contributed by atoms with van der Waals surface area (Å²) < 4.78 is 0. The third-order valence-electron chi connectivity index (χ3n) is 2.15. The molecule has 0 heterocycles. The van der Waals surface area contributed by atoms with Crippen molar-refractivity contribution in [3.8, 4) is 0 Å². The van der Waals surface area contributed by atoms with Gasteiger partial charge in [0.1, 0.15) is 0 Å². The quantitative estimate of drug-likeness (QED) is 0.476. The molecule has 0 saturated carbocycles. The molecule has 1 aliphatic rings. The van der Waals surface area contributed by atoms with Gasteiger partial charge >= 0.3 is 0 Å². The van der Waals surface area contributed by atoms with E-state index in [1.54, 1.807) is 5.57 Å². The van der Waals surface area contributed by atoms with Crippen molar-refractivity contribution in [2.24, 2.45) is 0 Å². The molecular weight excluding hydrogens is 180 g/mol. The summed E-state index contributed by atoms with van der Waals surface area (Å²) in [5.74, 6) is 0. The Kier molecular flexibility index (Phi) is 6.79. The maximum absolute atomic E-state index is 3.39. The summed E-state index contributed by atoms with van der Waals surface area (Å²) in [5, 5.41) is 0. The molecule has 0 amide bonds. The Morgan fingerprint density at radius 3 is 2.67 bits per heavy atom. The number of allylic oxidation sites excluding steroid dienone is 4. The van der Waals surface area contributed by atoms with Crippen LogP contribution in [0, 0.1) is 6.08 Å². The molecule has 12 heavy (non-hydrogen) atoms. The molecule has 1 rings (SSSR count). The molecule has 0 aromatic rings. The first kappa shape index (κ1) is 12.2. The molecule has 0 spiro atoms. The van der Waals surface area contributed by atoms with E-state index in [4.69, 9.17) is 0 Å². The van der Waals surface area contributed by atoms with E-state index in [1.165, 1.54) is 24.8 Å². The molecule has 66 valence electrons. The monoisotopic (exact) mass is 197 g/mol. The number of hydrogen-bond acceptors (Lipinski definition) is 0. The summed E-state index contributed by atoms with van der Waals surface area (Å²) in [4.78, 5) is 0. The van der Waals surface area contributed by atoms with Crippen LogP contribution in [0.25, 0.3) is 0 Å². The second-order valence-corrected chi connectivity index (χ2v) is 3.14. The van der Waals surface area contributed by atoms with Gasteiger partial charge in [-0.05, 0) is 6.42 Å². The van der Waals surface area contributed by atoms with Crippen molar-refractivity contribution in [1.29, 1.82) is 0 Å². The van der Waals surface area contributed by atoms with Crippen LogP contribution >= 0.6 is 0 Å². The van der Waals surface area contributed by atoms with Crippen LogP contribution in [0.2, 0.25) is 0 Å². The average Bonchev–Trinajstić information content (AvgIpc) is 2.48. The fourth-order valence-corrected chi connectivity index (χ4v) is 1.37. The van der Waals surface area contributed by atoms with E-state index >= 15 is 0 Å². The first-order chi connectivity index (χ1) is 5.36. The van der Waals surface area contributed by atoms with E-state index < -0.39 is 0 Å². The van der Waals surface area contributed by atoms with Gasteiger partial charge < -0.3 is 0 Å². The molecule has 0 saturated heterocycles. The molecule has 0 fully saturated rings. The van der Waals surface area contributed by atoms with E-state index in [-0.39, 0.29) is 21.7 Å². The van der Waals surface area contributed by atoms with E-state index in [0.29, 0.717) is 0 Å². The second-order valence-electron chi connectivity index (χ2n) is 3.14. The Bertz CT molecular complexity index is 177. The second kappa shape index (κ2) is 6.68. The molecule has 0 N–H and O–H groups in total. The first-order valence-corrected chi connectivity index (χ1v) is 4.66. The van der Waals surface area contributed by atoms with Crippen LogP contribution < -0.4 is 0 Å². The summed E-state index contributed by atoms with van der Waals surface area (Å²) in [6.45, 7) is 4.44. The number of unbranched alkanes of at least 4 members (excludes halogenated alkanes) is 1. The van der Waals surface area contributed by atoms with Crippen molar-refractivity contribution >= 4 is 0 Å². The molecule has 0 aromatic carbocycles. The molecule has 1 heteroatoms. The molecule has 0 bridgehead atoms. The Balaban J connectivity index is 0.00000121. The maximum atomic E-state index is 3.39. The van der Waals surface area contributed by atoms with Crippen LogP contribution in [0.4, 0.5) is 0 Å². The van der Waals surface area contributed by atoms with Gasteiger partial charge in [0, 0.05) is 21.7 Å². The minimum atomic E-state index is 0. The van der Waals surface area contributed by atoms with Crippen LogP contribution in [0.3, 0.4) is 0 Å². The third-order valence-corrected chi connectivity index (χ3v) is 2.15. The molecule has 1 aliphatic carbocycles. The molecule has 0 aliphatic heterocycles. The summed E-state index contributed by atoms with van der Waals surface area (Å²) in [6, 6.07) is 0. The fourth-order valence-electron chi connectivity index (χ4n) is 1.37. The van der Waals surface area contributed by atoms with E-state index in [9.17, 15) is 0 Å². The number of hydrogen-bond donors (Lipinski definition) is 0. The zero-order valence-corrected chi connectivity index (χ0v) is 9.67. The van der Waals surface area contributed by atoms with Crippen molar-refractivity contribution in [2.45, 2.75) is 46.0 Å². The van der Waals surface area contributed by atoms with Crippen LogP contribution in [0.5, 0.6) is 0 Å². The van der Waals surface area contributed by atoms with Crippen molar-refractivity contribution in [1.82, 2.24) is 0 Å². The standard InChI is InChI=1S/C11H17.Ti/c1-3-5-6-11-8-7-10(4-2)9-11;/h9H,3-6,8H2,1-2H3;/q-1;. The minimum absolute atomic E-state index is 0. The predicted molar refractivity (Wildman–Crippen MR) is 49.3 cm³/mol. The van der Waals surface area contributed by atoms with Crippen molar-refractivity contribution in [3.05, 3.63) is 23.3 Å². The SMILES string of the molecule is CCCCC1=CC(CC)=[C-]C1.[Ti]. The smallest absolute Gasteiger partial charge is 0 e. The zero-order valence-electron chi connectivity index (χ0n) is 8.11. The van der Waals surface area contributed by atoms with Crippen LogP contribution in [-0.4, -0.2) is 0 Å². The average molecular weight is 197 g/mol. The van der Waals surface area contributed by atoms with Crippen molar-refractivity contribution in [2.75, 3.05) is 0 Å². The summed E-state index contributed by atoms with van der Waals surface area (Å²) in [5.41, 5.74) is 3.00. The zero-order chi connectivity index (χ0) is 8.10. The summed E-state index contributed by atoms with van der Waals surface area (Å²) in [7, 11) is 0. The van der Waals surface area contributed by atoms with Gasteiger partial charge in [0.2, 0.25) is 0 Å². The largest absolute Gasteiger partial charge is 0.269 e. The molecule has 0 unspecified atom stereocenters. The van der Waals surface area contributed by atoms with Gasteiger partial charge in [-0.25, -0.2) is 11.6 Å². The van der Waals surface area contributed by atoms with Crippen molar-refractivity contribution in [3.63, 3.8) is 0 Å². The first-order valence-electron chi connectivity index (χ1n) is 4.66. The summed E-state index contributed by atoms with van der Waals surface area (Å²) >= 11 is 0. The van der Waals surface area contributed by atoms with Gasteiger partial charge in [0.05, 0.1) is 0 Å². The topological polar surface area (TPSA) is 0 Å². The maximum Gasteiger partial charge on any atom is 0 e. The van der Waals surface area contributed by atoms with Gasteiger partial charge in [0.15, 0.2) is 0 Å². The van der Waals surface area contributed by atoms with Crippen LogP contribution in [-0.2, 0) is 21.7 Å². The van der Waals surface area contributed by atoms with E-state index in [0.717, 1.165) is 12.8 Å². The Hall–Kier alpha value is 0.194. The number of rotatable bonds is 4. The van der Waals surface area contributed by atoms with E-state index in [1.807, 2.05) is 0 Å². The van der Waals surface area contributed by atoms with Gasteiger partial charge in [-0.15, -0.1) is 6.42 Å². The molecular formula is C11H17Ti-. The molecule has 0 atom stereocenters. The Morgan fingerprint density at radius 2 is 2.17 bits per heavy atom.